The molecular weight excluding hydrogens is 302 g/mol. The predicted molar refractivity (Wildman–Crippen MR) is 76.0 cm³/mol. The molecule has 7 nitrogen and oxygen atoms in total. The highest BCUT2D eigenvalue weighted by molar-refractivity contribution is 7.91. The molecule has 2 rings (SSSR count). The minimum absolute atomic E-state index is 0.0275. The lowest BCUT2D eigenvalue weighted by molar-refractivity contribution is -0.137. The Balaban J connectivity index is 2.24. The molecule has 0 bridgehead atoms. The van der Waals surface area contributed by atoms with E-state index < -0.39 is 21.8 Å². The second kappa shape index (κ2) is 5.65. The maximum absolute atomic E-state index is 11.7. The maximum Gasteiger partial charge on any atom is 0.305 e. The van der Waals surface area contributed by atoms with Crippen LogP contribution in [0.1, 0.15) is 32.0 Å². The summed E-state index contributed by atoms with van der Waals surface area (Å²) in [6.45, 7) is 4.22. The minimum Gasteiger partial charge on any atom is -0.481 e. The molecular formula is C11H17N3O4S2. The number of sulfone groups is 1. The summed E-state index contributed by atoms with van der Waals surface area (Å²) in [5.41, 5.74) is 0. The lowest BCUT2D eigenvalue weighted by atomic mass is 10.2. The van der Waals surface area contributed by atoms with Crippen LogP contribution in [0.15, 0.2) is 0 Å². The van der Waals surface area contributed by atoms with Crippen molar-refractivity contribution in [3.63, 3.8) is 0 Å². The molecule has 1 aromatic heterocycles. The first kappa shape index (κ1) is 15.2. The van der Waals surface area contributed by atoms with Gasteiger partial charge in [-0.1, -0.05) is 13.8 Å². The number of rotatable bonds is 4. The van der Waals surface area contributed by atoms with Crippen molar-refractivity contribution in [3.8, 4) is 0 Å². The molecule has 1 fully saturated rings. The van der Waals surface area contributed by atoms with E-state index in [0.29, 0.717) is 11.0 Å². The van der Waals surface area contributed by atoms with Crippen LogP contribution in [0.5, 0.6) is 0 Å². The second-order valence-electron chi connectivity index (χ2n) is 5.15. The lowest BCUT2D eigenvalue weighted by Gasteiger charge is -2.34. The number of aromatic nitrogens is 2. The fraction of sp³-hybridized carbons (Fsp3) is 0.727. The lowest BCUT2D eigenvalue weighted by Crippen LogP contribution is -2.49. The van der Waals surface area contributed by atoms with Gasteiger partial charge in [0.25, 0.3) is 0 Å². The highest BCUT2D eigenvalue weighted by Gasteiger charge is 2.34. The molecule has 1 aromatic rings. The Morgan fingerprint density at radius 3 is 2.80 bits per heavy atom. The van der Waals surface area contributed by atoms with Crippen molar-refractivity contribution >= 4 is 32.5 Å². The molecule has 2 heterocycles. The Hall–Kier alpha value is -1.22. The van der Waals surface area contributed by atoms with Crippen LogP contribution in [0, 0.1) is 0 Å². The van der Waals surface area contributed by atoms with Gasteiger partial charge in [-0.15, -0.1) is 0 Å². The number of carboxylic acid groups (broad SMARTS) is 1. The van der Waals surface area contributed by atoms with E-state index in [2.05, 4.69) is 9.36 Å². The Morgan fingerprint density at radius 1 is 1.55 bits per heavy atom. The zero-order chi connectivity index (χ0) is 14.9. The summed E-state index contributed by atoms with van der Waals surface area (Å²) in [5, 5.41) is 9.55. The van der Waals surface area contributed by atoms with E-state index in [4.69, 9.17) is 5.11 Å². The van der Waals surface area contributed by atoms with E-state index in [-0.39, 0.29) is 30.4 Å². The van der Waals surface area contributed by atoms with Crippen LogP contribution in [-0.4, -0.2) is 52.9 Å². The highest BCUT2D eigenvalue weighted by atomic mass is 32.2. The first-order valence-electron chi connectivity index (χ1n) is 6.31. The summed E-state index contributed by atoms with van der Waals surface area (Å²) in [7, 11) is -3.18. The maximum atomic E-state index is 11.7. The molecule has 1 atom stereocenters. The second-order valence-corrected chi connectivity index (χ2v) is 8.11. The molecule has 9 heteroatoms. The van der Waals surface area contributed by atoms with Gasteiger partial charge in [0.05, 0.1) is 24.0 Å². The fourth-order valence-electron chi connectivity index (χ4n) is 2.09. The molecule has 0 aliphatic carbocycles. The van der Waals surface area contributed by atoms with Gasteiger partial charge in [-0.3, -0.25) is 4.79 Å². The molecule has 20 heavy (non-hydrogen) atoms. The molecule has 1 saturated heterocycles. The van der Waals surface area contributed by atoms with Gasteiger partial charge in [0.1, 0.15) is 5.82 Å². The van der Waals surface area contributed by atoms with Crippen LogP contribution in [0.4, 0.5) is 5.13 Å². The van der Waals surface area contributed by atoms with Crippen LogP contribution in [0.25, 0.3) is 0 Å². The summed E-state index contributed by atoms with van der Waals surface area (Å²) in [5.74, 6) is -0.236. The third-order valence-electron chi connectivity index (χ3n) is 3.13. The fourth-order valence-corrected chi connectivity index (χ4v) is 4.52. The number of hydrogen-bond donors (Lipinski definition) is 1. The quantitative estimate of drug-likeness (QED) is 0.873. The molecule has 0 spiro atoms. The standard InChI is InChI=1S/C11H17N3O4S2/c1-7(2)10-12-11(19-13-10)14-3-4-20(17,18)6-8(14)5-9(15)16/h7-8H,3-6H2,1-2H3,(H,15,16). The van der Waals surface area contributed by atoms with Crippen LogP contribution < -0.4 is 4.90 Å². The Morgan fingerprint density at radius 2 is 2.25 bits per heavy atom. The van der Waals surface area contributed by atoms with E-state index in [1.807, 2.05) is 13.8 Å². The molecule has 1 aliphatic rings. The Labute approximate surface area is 121 Å². The van der Waals surface area contributed by atoms with E-state index in [9.17, 15) is 13.2 Å². The molecule has 0 amide bonds. The van der Waals surface area contributed by atoms with Gasteiger partial charge >= 0.3 is 5.97 Å². The molecule has 0 saturated carbocycles. The van der Waals surface area contributed by atoms with E-state index in [0.717, 1.165) is 0 Å². The Kier molecular flexibility index (Phi) is 4.28. The number of anilines is 1. The van der Waals surface area contributed by atoms with Crippen molar-refractivity contribution in [2.75, 3.05) is 23.0 Å². The van der Waals surface area contributed by atoms with E-state index >= 15 is 0 Å². The summed E-state index contributed by atoms with van der Waals surface area (Å²) in [4.78, 5) is 17.1. The number of carboxylic acids is 1. The van der Waals surface area contributed by atoms with Crippen LogP contribution >= 0.6 is 11.5 Å². The first-order chi connectivity index (χ1) is 9.28. The van der Waals surface area contributed by atoms with E-state index in [1.54, 1.807) is 4.90 Å². The SMILES string of the molecule is CC(C)c1nsc(N2CCS(=O)(=O)CC2CC(=O)O)n1. The van der Waals surface area contributed by atoms with Gasteiger partial charge in [-0.05, 0) is 0 Å². The molecule has 112 valence electrons. The number of nitrogens with zero attached hydrogens (tertiary/aromatic N) is 3. The zero-order valence-corrected chi connectivity index (χ0v) is 12.9. The largest absolute Gasteiger partial charge is 0.481 e. The topological polar surface area (TPSA) is 100 Å². The molecule has 0 radical (unpaired) electrons. The third-order valence-corrected chi connectivity index (χ3v) is 5.60. The number of carbonyl (C=O) groups is 1. The average Bonchev–Trinajstić information content (AvgIpc) is 2.76. The van der Waals surface area contributed by atoms with Crippen LogP contribution in [0.3, 0.4) is 0 Å². The van der Waals surface area contributed by atoms with Gasteiger partial charge in [0.2, 0.25) is 5.13 Å². The molecule has 1 N–H and O–H groups in total. The van der Waals surface area contributed by atoms with Gasteiger partial charge in [0.15, 0.2) is 9.84 Å². The average molecular weight is 319 g/mol. The third kappa shape index (κ3) is 3.45. The highest BCUT2D eigenvalue weighted by Crippen LogP contribution is 2.27. The van der Waals surface area contributed by atoms with Crippen molar-refractivity contribution in [3.05, 3.63) is 5.82 Å². The first-order valence-corrected chi connectivity index (χ1v) is 8.90. The molecule has 0 aromatic carbocycles. The minimum atomic E-state index is -3.18. The summed E-state index contributed by atoms with van der Waals surface area (Å²) < 4.78 is 27.6. The van der Waals surface area contributed by atoms with Gasteiger partial charge in [-0.2, -0.15) is 4.37 Å². The zero-order valence-electron chi connectivity index (χ0n) is 11.3. The van der Waals surface area contributed by atoms with Gasteiger partial charge in [0, 0.05) is 24.0 Å². The Bertz CT molecular complexity index is 597. The monoisotopic (exact) mass is 319 g/mol. The van der Waals surface area contributed by atoms with Gasteiger partial charge in [-0.25, -0.2) is 13.4 Å². The molecule has 1 unspecified atom stereocenters. The van der Waals surface area contributed by atoms with Crippen molar-refractivity contribution in [1.29, 1.82) is 0 Å². The number of hydrogen-bond acceptors (Lipinski definition) is 7. The van der Waals surface area contributed by atoms with Gasteiger partial charge < -0.3 is 10.0 Å². The smallest absolute Gasteiger partial charge is 0.305 e. The summed E-state index contributed by atoms with van der Waals surface area (Å²) in [6, 6.07) is -0.570. The predicted octanol–water partition coefficient (Wildman–Crippen LogP) is 0.740. The van der Waals surface area contributed by atoms with E-state index in [1.165, 1.54) is 11.5 Å². The van der Waals surface area contributed by atoms with Crippen molar-refractivity contribution in [1.82, 2.24) is 9.36 Å². The van der Waals surface area contributed by atoms with Crippen LogP contribution in [0.2, 0.25) is 0 Å². The van der Waals surface area contributed by atoms with Crippen molar-refractivity contribution < 1.29 is 18.3 Å². The molecule has 1 aliphatic heterocycles. The van der Waals surface area contributed by atoms with Crippen molar-refractivity contribution in [2.45, 2.75) is 32.2 Å². The summed E-state index contributed by atoms with van der Waals surface area (Å²) in [6.07, 6.45) is -0.212. The van der Waals surface area contributed by atoms with Crippen molar-refractivity contribution in [2.24, 2.45) is 0 Å². The number of aliphatic carboxylic acids is 1. The van der Waals surface area contributed by atoms with Crippen LogP contribution in [-0.2, 0) is 14.6 Å². The summed E-state index contributed by atoms with van der Waals surface area (Å²) >= 11 is 1.19. The normalized spacial score (nSPS) is 22.1.